The van der Waals surface area contributed by atoms with Gasteiger partial charge in [-0.05, 0) is 26.0 Å². The van der Waals surface area contributed by atoms with Crippen LogP contribution in [0.5, 0.6) is 17.4 Å². The number of rotatable bonds is 7. The fraction of sp³-hybridized carbons (Fsp3) is 0.217. The van der Waals surface area contributed by atoms with Crippen molar-refractivity contribution in [3.63, 3.8) is 0 Å². The molecule has 0 saturated heterocycles. The highest BCUT2D eigenvalue weighted by atomic mass is 16.5. The minimum atomic E-state index is 0.0725. The molecular weight excluding hydrogens is 396 g/mol. The Balaban J connectivity index is 1.53. The smallest absolute Gasteiger partial charge is 0.264 e. The van der Waals surface area contributed by atoms with E-state index in [1.54, 1.807) is 26.4 Å². The van der Waals surface area contributed by atoms with E-state index in [1.165, 1.54) is 5.56 Å². The normalized spacial score (nSPS) is 10.7. The Kier molecular flexibility index (Phi) is 5.79. The summed E-state index contributed by atoms with van der Waals surface area (Å²) in [7, 11) is 3.14. The van der Waals surface area contributed by atoms with Gasteiger partial charge in [0.25, 0.3) is 5.89 Å². The van der Waals surface area contributed by atoms with Crippen LogP contribution in [0.15, 0.2) is 53.1 Å². The summed E-state index contributed by atoms with van der Waals surface area (Å²) in [6.45, 7) is 4.00. The van der Waals surface area contributed by atoms with Crippen molar-refractivity contribution in [2.75, 3.05) is 14.2 Å². The highest BCUT2D eigenvalue weighted by Gasteiger charge is 2.17. The molecule has 0 spiro atoms. The Hall–Kier alpha value is -3.94. The van der Waals surface area contributed by atoms with Crippen molar-refractivity contribution in [3.05, 3.63) is 65.7 Å². The van der Waals surface area contributed by atoms with Crippen LogP contribution in [0, 0.1) is 13.8 Å². The SMILES string of the molecule is COc1cccc(-c2noc(COc3cc(C)nc(-c4ccc(C)cc4)n3)n2)c1OC. The largest absolute Gasteiger partial charge is 0.493 e. The van der Waals surface area contributed by atoms with Crippen molar-refractivity contribution in [1.29, 1.82) is 0 Å². The highest BCUT2D eigenvalue weighted by molar-refractivity contribution is 5.68. The molecule has 2 aromatic carbocycles. The second kappa shape index (κ2) is 8.83. The number of aryl methyl sites for hydroxylation is 2. The zero-order valence-corrected chi connectivity index (χ0v) is 17.7. The minimum Gasteiger partial charge on any atom is -0.493 e. The molecule has 158 valence electrons. The monoisotopic (exact) mass is 418 g/mol. The van der Waals surface area contributed by atoms with Crippen LogP contribution in [0.25, 0.3) is 22.8 Å². The van der Waals surface area contributed by atoms with Crippen LogP contribution in [0.3, 0.4) is 0 Å². The number of benzene rings is 2. The van der Waals surface area contributed by atoms with Gasteiger partial charge < -0.3 is 18.7 Å². The van der Waals surface area contributed by atoms with E-state index in [2.05, 4.69) is 20.1 Å². The van der Waals surface area contributed by atoms with Crippen LogP contribution in [-0.4, -0.2) is 34.3 Å². The van der Waals surface area contributed by atoms with E-state index in [0.717, 1.165) is 11.3 Å². The van der Waals surface area contributed by atoms with Crippen molar-refractivity contribution in [3.8, 4) is 40.2 Å². The lowest BCUT2D eigenvalue weighted by atomic mass is 10.1. The summed E-state index contributed by atoms with van der Waals surface area (Å²) < 4.78 is 21.9. The van der Waals surface area contributed by atoms with Crippen LogP contribution in [0.1, 0.15) is 17.1 Å². The van der Waals surface area contributed by atoms with Gasteiger partial charge >= 0.3 is 0 Å². The van der Waals surface area contributed by atoms with E-state index in [-0.39, 0.29) is 6.61 Å². The fourth-order valence-corrected chi connectivity index (χ4v) is 3.07. The summed E-state index contributed by atoms with van der Waals surface area (Å²) in [5.74, 6) is 2.85. The second-order valence-electron chi connectivity index (χ2n) is 6.88. The maximum Gasteiger partial charge on any atom is 0.264 e. The van der Waals surface area contributed by atoms with Gasteiger partial charge in [-0.25, -0.2) is 4.98 Å². The Labute approximate surface area is 179 Å². The lowest BCUT2D eigenvalue weighted by Gasteiger charge is -2.09. The van der Waals surface area contributed by atoms with Crippen molar-refractivity contribution in [2.24, 2.45) is 0 Å². The molecule has 0 saturated carbocycles. The Morgan fingerprint density at radius 2 is 1.68 bits per heavy atom. The van der Waals surface area contributed by atoms with E-state index in [4.69, 9.17) is 18.7 Å². The van der Waals surface area contributed by atoms with Gasteiger partial charge in [0.2, 0.25) is 11.7 Å². The first-order chi connectivity index (χ1) is 15.1. The number of hydrogen-bond acceptors (Lipinski definition) is 8. The lowest BCUT2D eigenvalue weighted by molar-refractivity contribution is 0.235. The lowest BCUT2D eigenvalue weighted by Crippen LogP contribution is -2.01. The van der Waals surface area contributed by atoms with Gasteiger partial charge in [-0.1, -0.05) is 41.1 Å². The van der Waals surface area contributed by atoms with Gasteiger partial charge in [0.1, 0.15) is 0 Å². The third-order valence-corrected chi connectivity index (χ3v) is 4.60. The van der Waals surface area contributed by atoms with Gasteiger partial charge in [-0.15, -0.1) is 0 Å². The number of methoxy groups -OCH3 is 2. The molecule has 4 aromatic rings. The molecule has 0 aliphatic carbocycles. The van der Waals surface area contributed by atoms with E-state index in [9.17, 15) is 0 Å². The average Bonchev–Trinajstić information content (AvgIpc) is 3.26. The fourth-order valence-electron chi connectivity index (χ4n) is 3.07. The van der Waals surface area contributed by atoms with Crippen LogP contribution in [-0.2, 0) is 6.61 Å². The molecule has 0 unspecified atom stereocenters. The van der Waals surface area contributed by atoms with Crippen LogP contribution < -0.4 is 14.2 Å². The molecule has 4 rings (SSSR count). The summed E-state index contributed by atoms with van der Waals surface area (Å²) >= 11 is 0. The first-order valence-electron chi connectivity index (χ1n) is 9.67. The summed E-state index contributed by atoms with van der Waals surface area (Å²) in [5, 5.41) is 4.04. The van der Waals surface area contributed by atoms with Gasteiger partial charge in [0.15, 0.2) is 23.9 Å². The topological polar surface area (TPSA) is 92.4 Å². The molecule has 8 heteroatoms. The van der Waals surface area contributed by atoms with Crippen molar-refractivity contribution < 1.29 is 18.7 Å². The average molecular weight is 418 g/mol. The highest BCUT2D eigenvalue weighted by Crippen LogP contribution is 2.36. The number of aromatic nitrogens is 4. The van der Waals surface area contributed by atoms with Crippen molar-refractivity contribution in [2.45, 2.75) is 20.5 Å². The Morgan fingerprint density at radius 3 is 2.42 bits per heavy atom. The van der Waals surface area contributed by atoms with Crippen molar-refractivity contribution >= 4 is 0 Å². The zero-order valence-electron chi connectivity index (χ0n) is 17.7. The first kappa shape index (κ1) is 20.3. The quantitative estimate of drug-likeness (QED) is 0.436. The van der Waals surface area contributed by atoms with Crippen LogP contribution in [0.2, 0.25) is 0 Å². The van der Waals surface area contributed by atoms with Gasteiger partial charge in [0, 0.05) is 17.3 Å². The second-order valence-corrected chi connectivity index (χ2v) is 6.88. The molecule has 0 atom stereocenters. The number of nitrogens with zero attached hydrogens (tertiary/aromatic N) is 4. The van der Waals surface area contributed by atoms with E-state index in [1.807, 2.05) is 50.2 Å². The maximum absolute atomic E-state index is 5.81. The zero-order chi connectivity index (χ0) is 21.8. The summed E-state index contributed by atoms with van der Waals surface area (Å²) in [6.07, 6.45) is 0. The molecule has 8 nitrogen and oxygen atoms in total. The first-order valence-corrected chi connectivity index (χ1v) is 9.67. The predicted molar refractivity (Wildman–Crippen MR) is 114 cm³/mol. The van der Waals surface area contributed by atoms with E-state index in [0.29, 0.717) is 40.5 Å². The number of hydrogen-bond donors (Lipinski definition) is 0. The van der Waals surface area contributed by atoms with Crippen LogP contribution >= 0.6 is 0 Å². The Bertz CT molecular complexity index is 1190. The molecule has 0 aliphatic heterocycles. The number of ether oxygens (including phenoxy) is 3. The molecule has 0 fully saturated rings. The van der Waals surface area contributed by atoms with Gasteiger partial charge in [0.05, 0.1) is 19.8 Å². The molecule has 2 heterocycles. The molecular formula is C23H22N4O4. The van der Waals surface area contributed by atoms with Gasteiger partial charge in [-0.2, -0.15) is 9.97 Å². The third kappa shape index (κ3) is 4.48. The molecule has 0 radical (unpaired) electrons. The van der Waals surface area contributed by atoms with E-state index < -0.39 is 0 Å². The molecule has 0 N–H and O–H groups in total. The maximum atomic E-state index is 5.81. The van der Waals surface area contributed by atoms with Crippen molar-refractivity contribution in [1.82, 2.24) is 20.1 Å². The minimum absolute atomic E-state index is 0.0725. The summed E-state index contributed by atoms with van der Waals surface area (Å²) in [4.78, 5) is 13.4. The molecule has 31 heavy (non-hydrogen) atoms. The number of para-hydroxylation sites is 1. The predicted octanol–water partition coefficient (Wildman–Crippen LogP) is 4.41. The Morgan fingerprint density at radius 1 is 0.871 bits per heavy atom. The summed E-state index contributed by atoms with van der Waals surface area (Å²) in [6, 6.07) is 15.2. The standard InChI is InChI=1S/C23H22N4O4/c1-14-8-10-16(11-9-14)22-24-15(2)12-19(25-22)30-13-20-26-23(27-31-20)17-6-5-7-18(28-3)21(17)29-4/h5-12H,13H2,1-4H3. The summed E-state index contributed by atoms with van der Waals surface area (Å²) in [5.41, 5.74) is 3.56. The van der Waals surface area contributed by atoms with E-state index >= 15 is 0 Å². The van der Waals surface area contributed by atoms with Gasteiger partial charge in [-0.3, -0.25) is 0 Å². The third-order valence-electron chi connectivity index (χ3n) is 4.60. The molecule has 0 bridgehead atoms. The van der Waals surface area contributed by atoms with Crippen LogP contribution in [0.4, 0.5) is 0 Å². The molecule has 0 amide bonds. The molecule has 0 aliphatic rings. The molecule has 2 aromatic heterocycles.